The number of allylic oxidation sites excluding steroid dienone is 1. The number of hydrogen-bond donors (Lipinski definition) is 4. The van der Waals surface area contributed by atoms with Gasteiger partial charge >= 0.3 is 12.1 Å². The highest BCUT2D eigenvalue weighted by atomic mass is 19.1. The first-order valence-electron chi connectivity index (χ1n) is 12.4. The van der Waals surface area contributed by atoms with E-state index in [9.17, 15) is 19.5 Å². The number of carboxylic acids is 1. The lowest BCUT2D eigenvalue weighted by atomic mass is 9.96. The van der Waals surface area contributed by atoms with E-state index in [1.165, 1.54) is 0 Å². The molecule has 2 unspecified atom stereocenters. The first-order valence-corrected chi connectivity index (χ1v) is 12.4. The summed E-state index contributed by atoms with van der Waals surface area (Å²) < 4.78 is 21.7. The Labute approximate surface area is 213 Å². The molecular weight excluding hydrogens is 483 g/mol. The number of amides is 2. The zero-order chi connectivity index (χ0) is 26.2. The topological polar surface area (TPSA) is 147 Å². The van der Waals surface area contributed by atoms with Gasteiger partial charge in [0.2, 0.25) is 5.91 Å². The van der Waals surface area contributed by atoms with Crippen molar-refractivity contribution in [3.05, 3.63) is 53.6 Å². The van der Waals surface area contributed by atoms with Crippen LogP contribution >= 0.6 is 0 Å². The minimum Gasteiger partial charge on any atom is -0.480 e. The molecule has 0 saturated carbocycles. The van der Waals surface area contributed by atoms with Gasteiger partial charge in [-0.25, -0.2) is 14.0 Å². The molecule has 12 heteroatoms. The zero-order valence-corrected chi connectivity index (χ0v) is 20.4. The molecule has 4 rings (SSSR count). The van der Waals surface area contributed by atoms with E-state index in [1.807, 2.05) is 6.07 Å². The maximum Gasteiger partial charge on any atom is 0.408 e. The molecule has 0 radical (unpaired) electrons. The summed E-state index contributed by atoms with van der Waals surface area (Å²) >= 11 is 0. The number of carboxylic acid groups (broad SMARTS) is 1. The van der Waals surface area contributed by atoms with Crippen LogP contribution in [0, 0.1) is 5.92 Å². The fraction of sp³-hybridized carbons (Fsp3) is 0.480. The number of nitrogens with one attached hydrogen (secondary N) is 3. The smallest absolute Gasteiger partial charge is 0.408 e. The number of carbonyl (C=O) groups is 3. The Bertz CT molecular complexity index is 1130. The van der Waals surface area contributed by atoms with Crippen molar-refractivity contribution in [1.29, 1.82) is 0 Å². The second kappa shape index (κ2) is 12.4. The lowest BCUT2D eigenvalue weighted by molar-refractivity contribution is -0.139. The maximum atomic E-state index is 15.0. The summed E-state index contributed by atoms with van der Waals surface area (Å²) in [6.07, 6.45) is 3.44. The van der Waals surface area contributed by atoms with Crippen molar-refractivity contribution < 1.29 is 28.6 Å². The van der Waals surface area contributed by atoms with Gasteiger partial charge in [0.15, 0.2) is 11.7 Å². The number of aliphatic carboxylic acids is 1. The Kier molecular flexibility index (Phi) is 8.83. The molecule has 4 N–H and O–H groups in total. The van der Waals surface area contributed by atoms with Crippen LogP contribution in [0.2, 0.25) is 0 Å². The average molecular weight is 515 g/mol. The van der Waals surface area contributed by atoms with Crippen molar-refractivity contribution in [2.24, 2.45) is 5.92 Å². The molecule has 2 atom stereocenters. The van der Waals surface area contributed by atoms with Gasteiger partial charge in [-0.3, -0.25) is 4.79 Å². The number of nitrogens with zero attached hydrogens (tertiary/aromatic N) is 3. The van der Waals surface area contributed by atoms with Gasteiger partial charge in [-0.05, 0) is 56.3 Å². The fourth-order valence-corrected chi connectivity index (χ4v) is 4.53. The highest BCUT2D eigenvalue weighted by molar-refractivity contribution is 5.85. The normalized spacial score (nSPS) is 18.9. The molecule has 11 nitrogen and oxygen atoms in total. The Morgan fingerprint density at radius 2 is 1.95 bits per heavy atom. The molecule has 1 saturated heterocycles. The molecule has 1 aromatic carbocycles. The Morgan fingerprint density at radius 3 is 2.68 bits per heavy atom. The summed E-state index contributed by atoms with van der Waals surface area (Å²) in [5, 5.41) is 25.7. The average Bonchev–Trinajstić information content (AvgIpc) is 3.35. The summed E-state index contributed by atoms with van der Waals surface area (Å²) in [5.74, 6) is -2.37. The molecule has 37 heavy (non-hydrogen) atoms. The van der Waals surface area contributed by atoms with Crippen LogP contribution in [0.15, 0.2) is 36.4 Å². The Balaban J connectivity index is 1.34. The number of halogens is 1. The number of benzene rings is 1. The van der Waals surface area contributed by atoms with Crippen molar-refractivity contribution in [3.8, 4) is 0 Å². The highest BCUT2D eigenvalue weighted by Crippen LogP contribution is 2.30. The van der Waals surface area contributed by atoms with Crippen LogP contribution < -0.4 is 16.0 Å². The molecule has 2 aliphatic heterocycles. The van der Waals surface area contributed by atoms with Crippen LogP contribution in [-0.4, -0.2) is 63.5 Å². The van der Waals surface area contributed by atoms with Crippen molar-refractivity contribution in [1.82, 2.24) is 30.7 Å². The van der Waals surface area contributed by atoms with Gasteiger partial charge in [0, 0.05) is 13.1 Å². The van der Waals surface area contributed by atoms with E-state index in [0.29, 0.717) is 25.2 Å². The summed E-state index contributed by atoms with van der Waals surface area (Å²) in [4.78, 5) is 36.6. The van der Waals surface area contributed by atoms with Crippen LogP contribution in [-0.2, 0) is 27.5 Å². The lowest BCUT2D eigenvalue weighted by Crippen LogP contribution is -2.49. The molecule has 0 bridgehead atoms. The van der Waals surface area contributed by atoms with E-state index >= 15 is 4.39 Å². The number of aromatic nitrogens is 3. The largest absolute Gasteiger partial charge is 0.480 e. The Morgan fingerprint density at radius 1 is 1.19 bits per heavy atom. The van der Waals surface area contributed by atoms with Gasteiger partial charge in [0.05, 0.1) is 5.92 Å². The molecule has 2 aromatic rings. The fourth-order valence-electron chi connectivity index (χ4n) is 4.53. The van der Waals surface area contributed by atoms with Gasteiger partial charge < -0.3 is 30.4 Å². The van der Waals surface area contributed by atoms with Crippen molar-refractivity contribution in [2.75, 3.05) is 19.6 Å². The molecule has 0 aliphatic carbocycles. The number of alkyl carbamates (subject to hydrolysis) is 1. The second-order valence-corrected chi connectivity index (χ2v) is 9.17. The van der Waals surface area contributed by atoms with Gasteiger partial charge in [-0.1, -0.05) is 30.3 Å². The standard InChI is InChI=1S/C25H31FN6O5/c26-19(13-16-8-10-27-11-9-16)22-31-30-21-18(7-4-12-32(21)22)23(33)28-14-20(24(34)35)29-25(36)37-15-17-5-2-1-3-6-17/h1-3,5-6,13,16,18,20,27H,4,7-12,14-15H2,(H,28,33)(H,29,36)(H,34,35)/b19-13+. The van der Waals surface area contributed by atoms with Crippen LogP contribution in [0.4, 0.5) is 9.18 Å². The van der Waals surface area contributed by atoms with Gasteiger partial charge in [-0.15, -0.1) is 10.2 Å². The molecule has 1 aromatic heterocycles. The summed E-state index contributed by atoms with van der Waals surface area (Å²) in [7, 11) is 0. The van der Waals surface area contributed by atoms with Crippen LogP contribution in [0.25, 0.3) is 5.83 Å². The summed E-state index contributed by atoms with van der Waals surface area (Å²) in [6.45, 7) is 1.79. The van der Waals surface area contributed by atoms with E-state index in [0.717, 1.165) is 31.5 Å². The first kappa shape index (κ1) is 26.3. The molecule has 1 fully saturated rings. The van der Waals surface area contributed by atoms with Crippen molar-refractivity contribution in [2.45, 2.75) is 50.8 Å². The third-order valence-corrected chi connectivity index (χ3v) is 6.54. The van der Waals surface area contributed by atoms with E-state index in [4.69, 9.17) is 4.74 Å². The third kappa shape index (κ3) is 6.91. The van der Waals surface area contributed by atoms with E-state index < -0.39 is 35.8 Å². The number of carbonyl (C=O) groups excluding carboxylic acids is 2. The van der Waals surface area contributed by atoms with E-state index in [1.54, 1.807) is 34.9 Å². The van der Waals surface area contributed by atoms with Crippen LogP contribution in [0.3, 0.4) is 0 Å². The number of hydrogen-bond acceptors (Lipinski definition) is 7. The minimum atomic E-state index is -1.39. The highest BCUT2D eigenvalue weighted by Gasteiger charge is 2.33. The monoisotopic (exact) mass is 514 g/mol. The van der Waals surface area contributed by atoms with Gasteiger partial charge in [-0.2, -0.15) is 0 Å². The number of rotatable bonds is 9. The number of fused-ring (bicyclic) bond motifs is 1. The number of piperidine rings is 1. The van der Waals surface area contributed by atoms with Crippen molar-refractivity contribution >= 4 is 23.8 Å². The lowest BCUT2D eigenvalue weighted by Gasteiger charge is -2.24. The summed E-state index contributed by atoms with van der Waals surface area (Å²) in [5.41, 5.74) is 0.751. The third-order valence-electron chi connectivity index (χ3n) is 6.54. The van der Waals surface area contributed by atoms with Gasteiger partial charge in [0.1, 0.15) is 18.5 Å². The van der Waals surface area contributed by atoms with Gasteiger partial charge in [0.25, 0.3) is 0 Å². The summed E-state index contributed by atoms with van der Waals surface area (Å²) in [6, 6.07) is 7.55. The van der Waals surface area contributed by atoms with E-state index in [-0.39, 0.29) is 24.9 Å². The van der Waals surface area contributed by atoms with E-state index in [2.05, 4.69) is 26.1 Å². The zero-order valence-electron chi connectivity index (χ0n) is 20.4. The second-order valence-electron chi connectivity index (χ2n) is 9.17. The number of ether oxygens (including phenoxy) is 1. The molecule has 2 aliphatic rings. The molecular formula is C25H31FN6O5. The minimum absolute atomic E-state index is 0.0198. The predicted octanol–water partition coefficient (Wildman–Crippen LogP) is 1.96. The van der Waals surface area contributed by atoms with Crippen LogP contribution in [0.1, 0.15) is 48.8 Å². The van der Waals surface area contributed by atoms with Crippen LogP contribution in [0.5, 0.6) is 0 Å². The molecule has 0 spiro atoms. The quantitative estimate of drug-likeness (QED) is 0.397. The predicted molar refractivity (Wildman–Crippen MR) is 131 cm³/mol. The molecule has 198 valence electrons. The molecule has 3 heterocycles. The first-order chi connectivity index (χ1) is 17.9. The SMILES string of the molecule is O=C(NC(CNC(=O)C1CCCn2c(/C(F)=C\C3CCNCC3)nnc21)C(=O)O)OCc1ccccc1. The Hall–Kier alpha value is -3.80. The molecule has 2 amide bonds. The maximum absolute atomic E-state index is 15.0. The van der Waals surface area contributed by atoms with Crippen molar-refractivity contribution in [3.63, 3.8) is 0 Å².